The molecule has 2 rings (SSSR count). The third kappa shape index (κ3) is 0.789. The second-order valence-electron chi connectivity index (χ2n) is 5.55. The molecule has 1 saturated heterocycles. The van der Waals surface area contributed by atoms with Gasteiger partial charge >= 0.3 is 0 Å². The highest BCUT2D eigenvalue weighted by Gasteiger charge is 2.70. The maximum atomic E-state index is 12.4. The van der Waals surface area contributed by atoms with Crippen molar-refractivity contribution in [2.24, 2.45) is 11.3 Å². The van der Waals surface area contributed by atoms with Crippen molar-refractivity contribution in [2.75, 3.05) is 0 Å². The molecule has 0 aromatic carbocycles. The van der Waals surface area contributed by atoms with Crippen molar-refractivity contribution in [1.29, 1.82) is 0 Å². The van der Waals surface area contributed by atoms with Gasteiger partial charge in [0.15, 0.2) is 9.84 Å². The Bertz CT molecular complexity index is 460. The number of fused-ring (bicyclic) bond motifs is 2. The van der Waals surface area contributed by atoms with Crippen LogP contribution in [0.1, 0.15) is 41.5 Å². The number of allylic oxidation sites excluding steroid dienone is 1. The van der Waals surface area contributed by atoms with Crippen molar-refractivity contribution in [3.8, 4) is 0 Å². The van der Waals surface area contributed by atoms with Gasteiger partial charge in [0.1, 0.15) is 0 Å². The van der Waals surface area contributed by atoms with Crippen LogP contribution in [0.3, 0.4) is 0 Å². The smallest absolute Gasteiger partial charge is 0.163 e. The average molecular weight is 228 g/mol. The first-order chi connectivity index (χ1) is 6.62. The Hall–Kier alpha value is -0.310. The van der Waals surface area contributed by atoms with Crippen molar-refractivity contribution in [3.63, 3.8) is 0 Å². The summed E-state index contributed by atoms with van der Waals surface area (Å²) in [6, 6.07) is 0. The van der Waals surface area contributed by atoms with Crippen LogP contribution in [0.2, 0.25) is 0 Å². The highest BCUT2D eigenvalue weighted by Crippen LogP contribution is 2.65. The Morgan fingerprint density at radius 2 is 1.53 bits per heavy atom. The minimum absolute atomic E-state index is 0.155. The predicted molar refractivity (Wildman–Crippen MR) is 62.4 cm³/mol. The summed E-state index contributed by atoms with van der Waals surface area (Å²) < 4.78 is 24.2. The summed E-state index contributed by atoms with van der Waals surface area (Å²) >= 11 is 0. The molecule has 86 valence electrons. The highest BCUT2D eigenvalue weighted by atomic mass is 32.2. The Morgan fingerprint density at radius 1 is 1.07 bits per heavy atom. The molecule has 0 N–H and O–H groups in total. The molecule has 1 fully saturated rings. The monoisotopic (exact) mass is 228 g/mol. The average Bonchev–Trinajstić information content (AvgIpc) is 2.37. The topological polar surface area (TPSA) is 34.1 Å². The first-order valence-electron chi connectivity index (χ1n) is 5.54. The summed E-state index contributed by atoms with van der Waals surface area (Å²) in [5.74, 6) is 0.199. The minimum atomic E-state index is -3.01. The van der Waals surface area contributed by atoms with Gasteiger partial charge < -0.3 is 0 Å². The lowest BCUT2D eigenvalue weighted by atomic mass is 9.73. The fraction of sp³-hybridized carbons (Fsp3) is 0.833. The molecule has 0 aromatic rings. The van der Waals surface area contributed by atoms with Crippen LogP contribution in [0.25, 0.3) is 0 Å². The van der Waals surface area contributed by atoms with E-state index >= 15 is 0 Å². The third-order valence-corrected chi connectivity index (χ3v) is 9.00. The Kier molecular flexibility index (Phi) is 1.86. The Labute approximate surface area is 92.7 Å². The van der Waals surface area contributed by atoms with Crippen LogP contribution in [0.15, 0.2) is 11.1 Å². The molecule has 0 spiro atoms. The fourth-order valence-electron chi connectivity index (χ4n) is 3.80. The Balaban J connectivity index is 2.86. The van der Waals surface area contributed by atoms with E-state index in [0.717, 1.165) is 5.57 Å². The highest BCUT2D eigenvalue weighted by molar-refractivity contribution is 7.94. The van der Waals surface area contributed by atoms with Gasteiger partial charge in [-0.2, -0.15) is 0 Å². The lowest BCUT2D eigenvalue weighted by molar-refractivity contribution is 0.281. The minimum Gasteiger partial charge on any atom is -0.228 e. The summed E-state index contributed by atoms with van der Waals surface area (Å²) in [6.07, 6.45) is 0. The van der Waals surface area contributed by atoms with Gasteiger partial charge in [0, 0.05) is 5.41 Å². The first kappa shape index (κ1) is 11.2. The van der Waals surface area contributed by atoms with Crippen LogP contribution >= 0.6 is 0 Å². The maximum absolute atomic E-state index is 12.4. The number of hydrogen-bond acceptors (Lipinski definition) is 2. The third-order valence-electron chi connectivity index (χ3n) is 5.74. The zero-order valence-electron chi connectivity index (χ0n) is 10.4. The van der Waals surface area contributed by atoms with Crippen LogP contribution in [-0.4, -0.2) is 18.4 Å². The second-order valence-corrected chi connectivity index (χ2v) is 8.19. The van der Waals surface area contributed by atoms with Gasteiger partial charge in [-0.15, -0.1) is 0 Å². The molecule has 0 radical (unpaired) electrons. The summed E-state index contributed by atoms with van der Waals surface area (Å²) in [6.45, 7) is 12.0. The number of rotatable bonds is 0. The standard InChI is InChI=1S/C12H20O2S/c1-7-8(2)12(6)9(3)11(7,5)10(4)15(12,13)14/h9-10H,1-6H3/t9?,10-,11-,12+/m1/s1. The van der Waals surface area contributed by atoms with Crippen LogP contribution < -0.4 is 0 Å². The summed E-state index contributed by atoms with van der Waals surface area (Å²) in [7, 11) is -3.01. The Morgan fingerprint density at radius 3 is 1.87 bits per heavy atom. The molecular formula is C12H20O2S. The molecule has 15 heavy (non-hydrogen) atoms. The van der Waals surface area contributed by atoms with E-state index in [9.17, 15) is 8.42 Å². The zero-order chi connectivity index (χ0) is 11.8. The van der Waals surface area contributed by atoms with E-state index in [1.165, 1.54) is 5.57 Å². The van der Waals surface area contributed by atoms with Crippen LogP contribution in [-0.2, 0) is 9.84 Å². The number of hydrogen-bond donors (Lipinski definition) is 0. The molecule has 3 heteroatoms. The van der Waals surface area contributed by atoms with Gasteiger partial charge in [-0.05, 0) is 33.6 Å². The van der Waals surface area contributed by atoms with Gasteiger partial charge in [-0.3, -0.25) is 0 Å². The summed E-state index contributed by atoms with van der Waals surface area (Å²) in [4.78, 5) is 0. The van der Waals surface area contributed by atoms with Crippen molar-refractivity contribution in [2.45, 2.75) is 51.5 Å². The van der Waals surface area contributed by atoms with E-state index in [1.54, 1.807) is 0 Å². The van der Waals surface area contributed by atoms with E-state index in [2.05, 4.69) is 20.8 Å². The predicted octanol–water partition coefficient (Wildman–Crippen LogP) is 2.55. The van der Waals surface area contributed by atoms with Gasteiger partial charge in [0.2, 0.25) is 0 Å². The molecule has 1 unspecified atom stereocenters. The van der Waals surface area contributed by atoms with Crippen LogP contribution in [0.4, 0.5) is 0 Å². The van der Waals surface area contributed by atoms with Gasteiger partial charge in [-0.1, -0.05) is 25.0 Å². The molecule has 2 nitrogen and oxygen atoms in total. The molecule has 0 saturated carbocycles. The van der Waals surface area contributed by atoms with Crippen LogP contribution in [0, 0.1) is 11.3 Å². The van der Waals surface area contributed by atoms with E-state index < -0.39 is 14.6 Å². The van der Waals surface area contributed by atoms with Gasteiger partial charge in [0.05, 0.1) is 10.00 Å². The van der Waals surface area contributed by atoms with Crippen LogP contribution in [0.5, 0.6) is 0 Å². The molecule has 0 amide bonds. The molecule has 2 aliphatic rings. The lowest BCUT2D eigenvalue weighted by Gasteiger charge is -2.32. The molecule has 4 atom stereocenters. The van der Waals surface area contributed by atoms with Gasteiger partial charge in [-0.25, -0.2) is 8.42 Å². The molecule has 1 heterocycles. The van der Waals surface area contributed by atoms with E-state index in [-0.39, 0.29) is 16.6 Å². The SMILES string of the molecule is CC1=C(C)[C@]2(C)C(C)[C@@]1(C)S(=O)(=O)[C@@H]2C. The lowest BCUT2D eigenvalue weighted by Crippen LogP contribution is -2.39. The largest absolute Gasteiger partial charge is 0.228 e. The second kappa shape index (κ2) is 2.50. The molecule has 1 aliphatic carbocycles. The van der Waals surface area contributed by atoms with E-state index in [4.69, 9.17) is 0 Å². The maximum Gasteiger partial charge on any atom is 0.163 e. The fourth-order valence-corrected chi connectivity index (χ4v) is 6.88. The van der Waals surface area contributed by atoms with Crippen molar-refractivity contribution in [3.05, 3.63) is 11.1 Å². The quantitative estimate of drug-likeness (QED) is 0.597. The summed E-state index contributed by atoms with van der Waals surface area (Å²) in [5, 5.41) is -0.242. The normalized spacial score (nSPS) is 52.7. The molecule has 1 aliphatic heterocycles. The number of sulfone groups is 1. The van der Waals surface area contributed by atoms with Gasteiger partial charge in [0.25, 0.3) is 0 Å². The van der Waals surface area contributed by atoms with E-state index in [1.807, 2.05) is 20.8 Å². The molecule has 0 aromatic heterocycles. The van der Waals surface area contributed by atoms with E-state index in [0.29, 0.717) is 0 Å². The first-order valence-corrected chi connectivity index (χ1v) is 7.09. The van der Waals surface area contributed by atoms with Crippen molar-refractivity contribution >= 4 is 9.84 Å². The summed E-state index contributed by atoms with van der Waals surface area (Å²) in [5.41, 5.74) is 2.22. The molecular weight excluding hydrogens is 208 g/mol. The van der Waals surface area contributed by atoms with Crippen molar-refractivity contribution in [1.82, 2.24) is 0 Å². The molecule has 2 bridgehead atoms. The van der Waals surface area contributed by atoms with Crippen molar-refractivity contribution < 1.29 is 8.42 Å². The zero-order valence-corrected chi connectivity index (χ0v) is 11.2.